The van der Waals surface area contributed by atoms with Crippen molar-refractivity contribution < 1.29 is 56.5 Å². The Morgan fingerprint density at radius 1 is 1.22 bits per heavy atom. The number of nitrogens with one attached hydrogen (secondary N) is 1. The van der Waals surface area contributed by atoms with E-state index in [1.807, 2.05) is 0 Å². The predicted octanol–water partition coefficient (Wildman–Crippen LogP) is -1.43. The molecule has 0 aliphatic carbocycles. The third-order valence-corrected chi connectivity index (χ3v) is 7.93. The van der Waals surface area contributed by atoms with Gasteiger partial charge in [0.05, 0.1) is 12.9 Å². The maximum atomic E-state index is 12.0. The number of ether oxygens (including phenoxy) is 1. The minimum absolute atomic E-state index is 0.0349. The van der Waals surface area contributed by atoms with E-state index < -0.39 is 59.8 Å². The van der Waals surface area contributed by atoms with Crippen LogP contribution in [0.15, 0.2) is 11.1 Å². The minimum atomic E-state index is -5.59. The van der Waals surface area contributed by atoms with Gasteiger partial charge in [-0.2, -0.15) is 4.31 Å². The standard InChI is InChI=1S/C11H16BN4O13P3/c1-4-14-9-6(10(19)15-4)13-3-16(9)11-8(18)7(17)5(27-11)2-26-30(12,20)28-32(24,25)29-31(21,22)23/h3,5,7-8,11,17-18H,2H2,1H3,(H,24,25)(H,14,15,19)(H2,21,22,23)/t5-,7?,8+,11-,30?/m1/s1. The van der Waals surface area contributed by atoms with Gasteiger partial charge >= 0.3 is 15.6 Å². The molecule has 17 nitrogen and oxygen atoms in total. The van der Waals surface area contributed by atoms with Crippen molar-refractivity contribution in [1.82, 2.24) is 19.5 Å². The first kappa shape index (κ1) is 25.4. The molecule has 2 aromatic rings. The van der Waals surface area contributed by atoms with Gasteiger partial charge in [-0.3, -0.25) is 13.9 Å². The van der Waals surface area contributed by atoms with Gasteiger partial charge in [-0.1, -0.05) is 0 Å². The molecule has 2 radical (unpaired) electrons. The predicted molar refractivity (Wildman–Crippen MR) is 102 cm³/mol. The fourth-order valence-electron chi connectivity index (χ4n) is 2.81. The number of aromatic amines is 1. The highest BCUT2D eigenvalue weighted by molar-refractivity contribution is 7.84. The number of aliphatic hydroxyl groups is 2. The lowest BCUT2D eigenvalue weighted by molar-refractivity contribution is -0.0479. The third kappa shape index (κ3) is 5.80. The molecule has 1 aliphatic rings. The van der Waals surface area contributed by atoms with Crippen molar-refractivity contribution >= 4 is 41.8 Å². The maximum absolute atomic E-state index is 12.0. The molecule has 0 bridgehead atoms. The Labute approximate surface area is 179 Å². The summed E-state index contributed by atoms with van der Waals surface area (Å²) in [5, 5.41) is 20.5. The topological polar surface area (TPSA) is 253 Å². The largest absolute Gasteiger partial charge is 0.487 e. The fourth-order valence-corrected chi connectivity index (χ4v) is 5.97. The van der Waals surface area contributed by atoms with Crippen molar-refractivity contribution in [3.05, 3.63) is 22.5 Å². The highest BCUT2D eigenvalue weighted by atomic mass is 31.3. The van der Waals surface area contributed by atoms with Gasteiger partial charge in [-0.15, -0.1) is 0 Å². The van der Waals surface area contributed by atoms with E-state index in [-0.39, 0.29) is 17.0 Å². The lowest BCUT2D eigenvalue weighted by Crippen LogP contribution is -2.33. The highest BCUT2D eigenvalue weighted by Gasteiger charge is 2.46. The van der Waals surface area contributed by atoms with E-state index in [2.05, 4.69) is 28.1 Å². The Morgan fingerprint density at radius 2 is 1.88 bits per heavy atom. The summed E-state index contributed by atoms with van der Waals surface area (Å²) in [6.07, 6.45) is -4.88. The van der Waals surface area contributed by atoms with Crippen LogP contribution in [0.1, 0.15) is 12.1 Å². The van der Waals surface area contributed by atoms with E-state index >= 15 is 0 Å². The van der Waals surface area contributed by atoms with E-state index in [4.69, 9.17) is 22.1 Å². The van der Waals surface area contributed by atoms with E-state index in [9.17, 15) is 33.6 Å². The number of fused-ring (bicyclic) bond motifs is 1. The number of hydrogen-bond acceptors (Lipinski definition) is 12. The molecule has 176 valence electrons. The summed E-state index contributed by atoms with van der Waals surface area (Å²) in [5.41, 5.74) is -0.580. The number of phosphoric acid groups is 2. The van der Waals surface area contributed by atoms with Gasteiger partial charge in [-0.05, 0) is 6.92 Å². The number of hydrogen-bond donors (Lipinski definition) is 6. The Hall–Kier alpha value is -1.26. The number of nitrogens with zero attached hydrogens (tertiary/aromatic N) is 3. The van der Waals surface area contributed by atoms with Gasteiger partial charge in [0.1, 0.15) is 24.1 Å². The van der Waals surface area contributed by atoms with Crippen LogP contribution in [0.3, 0.4) is 0 Å². The Balaban J connectivity index is 1.72. The summed E-state index contributed by atoms with van der Waals surface area (Å²) < 4.78 is 52.8. The summed E-state index contributed by atoms with van der Waals surface area (Å²) in [6.45, 7) is 0.641. The average Bonchev–Trinajstić information content (AvgIpc) is 3.12. The zero-order valence-electron chi connectivity index (χ0n) is 15.9. The number of imidazole rings is 1. The summed E-state index contributed by atoms with van der Waals surface area (Å²) >= 11 is 0. The van der Waals surface area contributed by atoms with Crippen LogP contribution in [0, 0.1) is 6.92 Å². The third-order valence-electron chi connectivity index (χ3n) is 4.01. The van der Waals surface area contributed by atoms with Crippen LogP contribution in [0.4, 0.5) is 0 Å². The molecule has 0 amide bonds. The number of aromatic nitrogens is 4. The second-order valence-electron chi connectivity index (χ2n) is 6.48. The number of aryl methyl sites for hydroxylation is 1. The van der Waals surface area contributed by atoms with Crippen molar-refractivity contribution in [3.8, 4) is 0 Å². The molecular formula is C11H16BN4O13P3. The molecule has 3 heterocycles. The lowest BCUT2D eigenvalue weighted by Gasteiger charge is -2.21. The average molecular weight is 516 g/mol. The lowest BCUT2D eigenvalue weighted by atomic mass is 10.1. The quantitative estimate of drug-likeness (QED) is 0.174. The van der Waals surface area contributed by atoms with Crippen LogP contribution < -0.4 is 5.56 Å². The van der Waals surface area contributed by atoms with Crippen molar-refractivity contribution in [1.29, 1.82) is 0 Å². The first-order chi connectivity index (χ1) is 14.6. The van der Waals surface area contributed by atoms with Crippen LogP contribution in [-0.2, 0) is 31.6 Å². The van der Waals surface area contributed by atoms with Gasteiger partial charge in [0.25, 0.3) is 13.0 Å². The molecule has 0 aromatic carbocycles. The van der Waals surface area contributed by atoms with Crippen molar-refractivity contribution in [2.75, 3.05) is 6.61 Å². The van der Waals surface area contributed by atoms with Crippen LogP contribution >= 0.6 is 23.1 Å². The molecule has 1 fully saturated rings. The Morgan fingerprint density at radius 3 is 2.50 bits per heavy atom. The zero-order valence-corrected chi connectivity index (χ0v) is 18.5. The van der Waals surface area contributed by atoms with Crippen LogP contribution in [-0.4, -0.2) is 76.9 Å². The summed E-state index contributed by atoms with van der Waals surface area (Å²) in [5.74, 6) is 0.240. The van der Waals surface area contributed by atoms with Crippen molar-refractivity contribution in [2.45, 2.75) is 31.5 Å². The first-order valence-electron chi connectivity index (χ1n) is 8.38. The van der Waals surface area contributed by atoms with E-state index in [0.717, 1.165) is 6.33 Å². The zero-order chi connectivity index (χ0) is 24.1. The Bertz CT molecular complexity index is 1210. The highest BCUT2D eigenvalue weighted by Crippen LogP contribution is 2.66. The maximum Gasteiger partial charge on any atom is 0.487 e. The summed E-state index contributed by atoms with van der Waals surface area (Å²) in [7, 11) is -11.0. The molecule has 3 rings (SSSR count). The van der Waals surface area contributed by atoms with E-state index in [0.29, 0.717) is 0 Å². The van der Waals surface area contributed by atoms with Crippen molar-refractivity contribution in [2.24, 2.45) is 0 Å². The summed E-state index contributed by atoms with van der Waals surface area (Å²) in [4.78, 5) is 48.6. The van der Waals surface area contributed by atoms with Crippen LogP contribution in [0.2, 0.25) is 0 Å². The monoisotopic (exact) mass is 516 g/mol. The van der Waals surface area contributed by atoms with Gasteiger partial charge in [-0.25, -0.2) is 23.4 Å². The SMILES string of the molecule is [B]P(=O)(OC[C@H]1O[C@@H](n2cnc3c(=O)[nH]c(C)nc32)[C@@H](O)C1O)OP(=O)(O)OP(=O)(O)O. The van der Waals surface area contributed by atoms with Crippen molar-refractivity contribution in [3.63, 3.8) is 0 Å². The molecule has 1 aliphatic heterocycles. The van der Waals surface area contributed by atoms with E-state index in [1.54, 1.807) is 0 Å². The Kier molecular flexibility index (Phi) is 7.00. The van der Waals surface area contributed by atoms with Gasteiger partial charge < -0.3 is 39.1 Å². The molecule has 0 saturated carbocycles. The van der Waals surface area contributed by atoms with Crippen LogP contribution in [0.5, 0.6) is 0 Å². The molecule has 6 N–H and O–H groups in total. The molecule has 2 aromatic heterocycles. The van der Waals surface area contributed by atoms with Gasteiger partial charge in [0, 0.05) is 0 Å². The molecule has 21 heteroatoms. The molecule has 3 unspecified atom stereocenters. The van der Waals surface area contributed by atoms with E-state index in [1.165, 1.54) is 11.5 Å². The normalized spacial score (nSPS) is 27.9. The fraction of sp³-hybridized carbons (Fsp3) is 0.545. The molecule has 32 heavy (non-hydrogen) atoms. The van der Waals surface area contributed by atoms with Gasteiger partial charge in [0.15, 0.2) is 17.4 Å². The molecule has 1 saturated heterocycles. The number of rotatable bonds is 8. The second kappa shape index (κ2) is 8.83. The smallest absolute Gasteiger partial charge is 0.387 e. The molecule has 6 atom stereocenters. The minimum Gasteiger partial charge on any atom is -0.387 e. The second-order valence-corrected chi connectivity index (χ2v) is 11.0. The summed E-state index contributed by atoms with van der Waals surface area (Å²) in [6, 6.07) is 0. The molecular weight excluding hydrogens is 500 g/mol. The molecule has 0 spiro atoms. The van der Waals surface area contributed by atoms with Crippen LogP contribution in [0.25, 0.3) is 11.2 Å². The number of aliphatic hydroxyl groups excluding tert-OH is 2. The first-order valence-corrected chi connectivity index (χ1v) is 13.0. The van der Waals surface area contributed by atoms with Gasteiger partial charge in [0.2, 0.25) is 7.57 Å². The number of H-pyrrole nitrogens is 1.